The molecule has 0 bridgehead atoms. The number of ether oxygens (including phenoxy) is 1. The Balaban J connectivity index is 2.20. The van der Waals surface area contributed by atoms with Gasteiger partial charge in [-0.3, -0.25) is 9.69 Å². The van der Waals surface area contributed by atoms with Crippen molar-refractivity contribution in [2.45, 2.75) is 26.0 Å². The third-order valence-electron chi connectivity index (χ3n) is 3.40. The smallest absolute Gasteiger partial charge is 0.160 e. The summed E-state index contributed by atoms with van der Waals surface area (Å²) in [7, 11) is 1.49. The predicted octanol–water partition coefficient (Wildman–Crippen LogP) is 1.23. The molecule has 1 aliphatic heterocycles. The van der Waals surface area contributed by atoms with E-state index in [2.05, 4.69) is 0 Å². The zero-order valence-electron chi connectivity index (χ0n) is 11.2. The first kappa shape index (κ1) is 13.8. The highest BCUT2D eigenvalue weighted by molar-refractivity contribution is 5.75. The Labute approximate surface area is 112 Å². The molecule has 5 nitrogen and oxygen atoms in total. The lowest BCUT2D eigenvalue weighted by Crippen LogP contribution is -2.34. The quantitative estimate of drug-likeness (QED) is 0.857. The number of ketones is 1. The molecule has 104 valence electrons. The number of phenolic OH excluding ortho intramolecular Hbond substituents is 1. The fourth-order valence-electron chi connectivity index (χ4n) is 2.37. The minimum atomic E-state index is -0.646. The predicted molar refractivity (Wildman–Crippen MR) is 70.2 cm³/mol. The first-order valence-electron chi connectivity index (χ1n) is 6.31. The van der Waals surface area contributed by atoms with Crippen LogP contribution in [0.15, 0.2) is 12.1 Å². The SMILES string of the molecule is COc1cc2c(cc1O)[C@H](O)CN(CCC(C)=O)C2. The largest absolute Gasteiger partial charge is 0.504 e. The summed E-state index contributed by atoms with van der Waals surface area (Å²) in [6.07, 6.45) is -0.162. The third kappa shape index (κ3) is 3.05. The summed E-state index contributed by atoms with van der Waals surface area (Å²) in [6, 6.07) is 3.30. The minimum absolute atomic E-state index is 0.0393. The first-order chi connectivity index (χ1) is 9.01. The van der Waals surface area contributed by atoms with Gasteiger partial charge in [-0.25, -0.2) is 0 Å². The summed E-state index contributed by atoms with van der Waals surface area (Å²) in [5.74, 6) is 0.584. The molecule has 0 spiro atoms. The number of hydrogen-bond donors (Lipinski definition) is 2. The molecule has 0 fully saturated rings. The molecule has 0 amide bonds. The molecule has 0 saturated carbocycles. The van der Waals surface area contributed by atoms with E-state index in [1.807, 2.05) is 4.90 Å². The summed E-state index contributed by atoms with van der Waals surface area (Å²) < 4.78 is 5.08. The number of carbonyl (C=O) groups is 1. The van der Waals surface area contributed by atoms with Crippen LogP contribution in [0.4, 0.5) is 0 Å². The van der Waals surface area contributed by atoms with Crippen molar-refractivity contribution < 1.29 is 19.7 Å². The van der Waals surface area contributed by atoms with Gasteiger partial charge in [0.15, 0.2) is 11.5 Å². The van der Waals surface area contributed by atoms with Crippen molar-refractivity contribution in [3.63, 3.8) is 0 Å². The van der Waals surface area contributed by atoms with Gasteiger partial charge in [-0.15, -0.1) is 0 Å². The number of aliphatic hydroxyl groups excluding tert-OH is 1. The van der Waals surface area contributed by atoms with E-state index < -0.39 is 6.10 Å². The van der Waals surface area contributed by atoms with Gasteiger partial charge in [0.05, 0.1) is 13.2 Å². The van der Waals surface area contributed by atoms with Gasteiger partial charge in [0.2, 0.25) is 0 Å². The van der Waals surface area contributed by atoms with E-state index in [0.29, 0.717) is 31.8 Å². The number of benzene rings is 1. The van der Waals surface area contributed by atoms with Crippen molar-refractivity contribution in [3.8, 4) is 11.5 Å². The molecule has 5 heteroatoms. The summed E-state index contributed by atoms with van der Waals surface area (Å²) in [5, 5.41) is 19.8. The van der Waals surface area contributed by atoms with Gasteiger partial charge in [-0.1, -0.05) is 0 Å². The van der Waals surface area contributed by atoms with E-state index in [1.54, 1.807) is 19.1 Å². The Hall–Kier alpha value is -1.59. The molecule has 1 aliphatic rings. The molecule has 0 radical (unpaired) electrons. The average Bonchev–Trinajstić information content (AvgIpc) is 2.36. The molecule has 1 heterocycles. The van der Waals surface area contributed by atoms with Crippen LogP contribution in [0.3, 0.4) is 0 Å². The van der Waals surface area contributed by atoms with Crippen molar-refractivity contribution in [1.29, 1.82) is 0 Å². The number of nitrogens with zero attached hydrogens (tertiary/aromatic N) is 1. The van der Waals surface area contributed by atoms with Crippen LogP contribution in [0.25, 0.3) is 0 Å². The van der Waals surface area contributed by atoms with Crippen molar-refractivity contribution in [3.05, 3.63) is 23.3 Å². The van der Waals surface area contributed by atoms with Gasteiger partial charge < -0.3 is 14.9 Å². The van der Waals surface area contributed by atoms with Crippen LogP contribution in [0.5, 0.6) is 11.5 Å². The zero-order valence-corrected chi connectivity index (χ0v) is 11.2. The van der Waals surface area contributed by atoms with Gasteiger partial charge in [0.1, 0.15) is 5.78 Å². The number of methoxy groups -OCH3 is 1. The Bertz CT molecular complexity index is 487. The summed E-state index contributed by atoms with van der Waals surface area (Å²) >= 11 is 0. The Morgan fingerprint density at radius 2 is 2.26 bits per heavy atom. The van der Waals surface area contributed by atoms with Crippen molar-refractivity contribution >= 4 is 5.78 Å². The van der Waals surface area contributed by atoms with Crippen LogP contribution in [0.1, 0.15) is 30.6 Å². The van der Waals surface area contributed by atoms with Crippen LogP contribution >= 0.6 is 0 Å². The Morgan fingerprint density at radius 3 is 2.89 bits per heavy atom. The lowest BCUT2D eigenvalue weighted by atomic mass is 9.96. The van der Waals surface area contributed by atoms with E-state index in [1.165, 1.54) is 7.11 Å². The molecule has 0 aliphatic carbocycles. The number of β-amino-alcohol motifs (C(OH)–C–C–N with tert-alkyl or cyclic N) is 1. The van der Waals surface area contributed by atoms with Crippen molar-refractivity contribution in [1.82, 2.24) is 4.90 Å². The number of fused-ring (bicyclic) bond motifs is 1. The summed E-state index contributed by atoms with van der Waals surface area (Å²) in [5.41, 5.74) is 1.66. The molecule has 0 aromatic heterocycles. The highest BCUT2D eigenvalue weighted by Gasteiger charge is 2.25. The molecule has 0 saturated heterocycles. The monoisotopic (exact) mass is 265 g/mol. The molecule has 2 rings (SSSR count). The normalized spacial score (nSPS) is 19.0. The van der Waals surface area contributed by atoms with Gasteiger partial charge in [0, 0.05) is 26.1 Å². The molecular weight excluding hydrogens is 246 g/mol. The number of rotatable bonds is 4. The first-order valence-corrected chi connectivity index (χ1v) is 6.31. The highest BCUT2D eigenvalue weighted by Crippen LogP contribution is 2.35. The van der Waals surface area contributed by atoms with Crippen LogP contribution in [0.2, 0.25) is 0 Å². The number of phenols is 1. The van der Waals surface area contributed by atoms with Gasteiger partial charge in [-0.05, 0) is 30.2 Å². The van der Waals surface area contributed by atoms with Crippen LogP contribution in [-0.4, -0.2) is 41.1 Å². The van der Waals surface area contributed by atoms with Gasteiger partial charge in [-0.2, -0.15) is 0 Å². The second-order valence-corrected chi connectivity index (χ2v) is 4.93. The lowest BCUT2D eigenvalue weighted by molar-refractivity contribution is -0.117. The standard InChI is InChI=1S/C14H19NO4/c1-9(16)3-4-15-7-10-5-14(19-2)12(17)6-11(10)13(18)8-15/h5-6,13,17-18H,3-4,7-8H2,1-2H3/t13-/m1/s1. The van der Waals surface area contributed by atoms with Crippen LogP contribution < -0.4 is 4.74 Å². The maximum Gasteiger partial charge on any atom is 0.160 e. The lowest BCUT2D eigenvalue weighted by Gasteiger charge is -2.32. The number of aromatic hydroxyl groups is 1. The molecule has 2 N–H and O–H groups in total. The van der Waals surface area contributed by atoms with Gasteiger partial charge in [0.25, 0.3) is 0 Å². The third-order valence-corrected chi connectivity index (χ3v) is 3.40. The zero-order chi connectivity index (χ0) is 14.0. The number of carbonyl (C=O) groups excluding carboxylic acids is 1. The number of aliphatic hydroxyl groups is 1. The maximum atomic E-state index is 11.0. The van der Waals surface area contributed by atoms with E-state index in [4.69, 9.17) is 4.74 Å². The summed E-state index contributed by atoms with van der Waals surface area (Å²) in [6.45, 7) is 3.33. The van der Waals surface area contributed by atoms with Crippen LogP contribution in [-0.2, 0) is 11.3 Å². The second kappa shape index (κ2) is 5.59. The van der Waals surface area contributed by atoms with Gasteiger partial charge >= 0.3 is 0 Å². The number of hydrogen-bond acceptors (Lipinski definition) is 5. The average molecular weight is 265 g/mol. The van der Waals surface area contributed by atoms with E-state index in [9.17, 15) is 15.0 Å². The minimum Gasteiger partial charge on any atom is -0.504 e. The highest BCUT2D eigenvalue weighted by atomic mass is 16.5. The summed E-state index contributed by atoms with van der Waals surface area (Å²) in [4.78, 5) is 13.0. The van der Waals surface area contributed by atoms with Crippen LogP contribution in [0, 0.1) is 0 Å². The van der Waals surface area contributed by atoms with Crippen molar-refractivity contribution in [2.24, 2.45) is 0 Å². The topological polar surface area (TPSA) is 70.0 Å². The fraction of sp³-hybridized carbons (Fsp3) is 0.500. The Morgan fingerprint density at radius 1 is 1.53 bits per heavy atom. The fourth-order valence-corrected chi connectivity index (χ4v) is 2.37. The maximum absolute atomic E-state index is 11.0. The van der Waals surface area contributed by atoms with E-state index in [-0.39, 0.29) is 11.5 Å². The molecular formula is C14H19NO4. The van der Waals surface area contributed by atoms with E-state index >= 15 is 0 Å². The Kier molecular flexibility index (Phi) is 4.07. The van der Waals surface area contributed by atoms with Crippen molar-refractivity contribution in [2.75, 3.05) is 20.2 Å². The molecule has 1 aromatic carbocycles. The molecule has 0 unspecified atom stereocenters. The molecule has 19 heavy (non-hydrogen) atoms. The second-order valence-electron chi connectivity index (χ2n) is 4.93. The number of Topliss-reactive ketones (excluding diaryl/α,β-unsaturated/α-hetero) is 1. The molecule has 1 aromatic rings. The van der Waals surface area contributed by atoms with E-state index in [0.717, 1.165) is 11.1 Å². The molecule has 1 atom stereocenters.